The topological polar surface area (TPSA) is 76.5 Å². The summed E-state index contributed by atoms with van der Waals surface area (Å²) in [5.74, 6) is -1.20. The summed E-state index contributed by atoms with van der Waals surface area (Å²) in [5, 5.41) is 7.28. The van der Waals surface area contributed by atoms with Crippen molar-refractivity contribution in [2.45, 2.75) is 6.36 Å². The molecule has 2 heterocycles. The van der Waals surface area contributed by atoms with Crippen LogP contribution in [0.25, 0.3) is 16.9 Å². The van der Waals surface area contributed by atoms with Crippen molar-refractivity contribution < 1.29 is 27.5 Å². The van der Waals surface area contributed by atoms with E-state index in [0.717, 1.165) is 0 Å². The van der Waals surface area contributed by atoms with Gasteiger partial charge in [-0.2, -0.15) is 5.10 Å². The molecule has 11 heteroatoms. The highest BCUT2D eigenvalue weighted by atomic mass is 35.5. The van der Waals surface area contributed by atoms with E-state index in [1.54, 1.807) is 30.3 Å². The zero-order chi connectivity index (χ0) is 22.2. The average molecular weight is 451 g/mol. The van der Waals surface area contributed by atoms with Crippen LogP contribution in [-0.4, -0.2) is 46.1 Å². The molecule has 0 aliphatic carbocycles. The van der Waals surface area contributed by atoms with E-state index in [-0.39, 0.29) is 24.8 Å². The lowest BCUT2D eigenvalue weighted by Gasteiger charge is -2.11. The average Bonchev–Trinajstić information content (AvgIpc) is 3.33. The van der Waals surface area contributed by atoms with E-state index < -0.39 is 18.0 Å². The zero-order valence-corrected chi connectivity index (χ0v) is 16.4. The van der Waals surface area contributed by atoms with Crippen LogP contribution in [0.4, 0.5) is 13.2 Å². The maximum absolute atomic E-state index is 12.8. The monoisotopic (exact) mass is 450 g/mol. The second-order valence-electron chi connectivity index (χ2n) is 6.64. The van der Waals surface area contributed by atoms with Crippen LogP contribution in [0.3, 0.4) is 0 Å². The summed E-state index contributed by atoms with van der Waals surface area (Å²) in [6, 6.07) is 13.4. The van der Waals surface area contributed by atoms with Crippen LogP contribution in [0, 0.1) is 0 Å². The molecule has 3 aromatic rings. The minimum absolute atomic E-state index is 0.0219. The predicted molar refractivity (Wildman–Crippen MR) is 105 cm³/mol. The Bertz CT molecular complexity index is 1160. The van der Waals surface area contributed by atoms with Gasteiger partial charge in [-0.25, -0.2) is 4.68 Å². The number of alkyl halides is 3. The number of hydrogen-bond donors (Lipinski definition) is 1. The van der Waals surface area contributed by atoms with Gasteiger partial charge in [0.2, 0.25) is 5.91 Å². The fraction of sp³-hybridized carbons (Fsp3) is 0.150. The number of nitrogens with zero attached hydrogens (tertiary/aromatic N) is 3. The molecule has 1 N–H and O–H groups in total. The van der Waals surface area contributed by atoms with E-state index in [9.17, 15) is 22.8 Å². The number of carbonyl (C=O) groups excluding carboxylic acids is 2. The fourth-order valence-corrected chi connectivity index (χ4v) is 3.31. The molecule has 2 amide bonds. The minimum atomic E-state index is -4.85. The van der Waals surface area contributed by atoms with Crippen molar-refractivity contribution in [3.63, 3.8) is 0 Å². The number of nitrogens with one attached hydrogen (secondary N) is 1. The molecule has 0 spiro atoms. The predicted octanol–water partition coefficient (Wildman–Crippen LogP) is 3.62. The van der Waals surface area contributed by atoms with E-state index in [4.69, 9.17) is 11.6 Å². The van der Waals surface area contributed by atoms with Gasteiger partial charge in [-0.1, -0.05) is 29.8 Å². The number of carbonyl (C=O) groups is 2. The number of aromatic nitrogens is 2. The lowest BCUT2D eigenvalue weighted by atomic mass is 10.1. The molecule has 1 saturated heterocycles. The molecule has 1 aliphatic heterocycles. The molecule has 0 unspecified atom stereocenters. The van der Waals surface area contributed by atoms with Crippen molar-refractivity contribution in [1.82, 2.24) is 20.0 Å². The third-order valence-corrected chi connectivity index (χ3v) is 4.67. The maximum Gasteiger partial charge on any atom is 0.573 e. The fourth-order valence-electron chi connectivity index (χ4n) is 3.12. The van der Waals surface area contributed by atoms with Gasteiger partial charge in [-0.05, 0) is 36.4 Å². The Morgan fingerprint density at radius 2 is 1.90 bits per heavy atom. The van der Waals surface area contributed by atoms with Crippen LogP contribution < -0.4 is 10.1 Å². The molecule has 0 bridgehead atoms. The van der Waals surface area contributed by atoms with Gasteiger partial charge < -0.3 is 15.0 Å². The first-order chi connectivity index (χ1) is 14.7. The molecule has 7 nitrogen and oxygen atoms in total. The molecular weight excluding hydrogens is 437 g/mol. The largest absolute Gasteiger partial charge is 0.573 e. The Hall–Kier alpha value is -3.53. The van der Waals surface area contributed by atoms with Gasteiger partial charge in [0.15, 0.2) is 5.69 Å². The normalized spacial score (nSPS) is 13.9. The number of hydrogen-bond acceptors (Lipinski definition) is 4. The zero-order valence-electron chi connectivity index (χ0n) is 15.7. The second-order valence-corrected chi connectivity index (χ2v) is 7.08. The summed E-state index contributed by atoms with van der Waals surface area (Å²) < 4.78 is 43.3. The Labute approximate surface area is 179 Å². The van der Waals surface area contributed by atoms with Gasteiger partial charge >= 0.3 is 6.36 Å². The summed E-state index contributed by atoms with van der Waals surface area (Å²) >= 11 is 6.07. The summed E-state index contributed by atoms with van der Waals surface area (Å²) in [6.45, 7) is -0.0565. The van der Waals surface area contributed by atoms with Crippen molar-refractivity contribution in [2.24, 2.45) is 0 Å². The van der Waals surface area contributed by atoms with Gasteiger partial charge in [0.05, 0.1) is 18.1 Å². The van der Waals surface area contributed by atoms with E-state index in [0.29, 0.717) is 22.0 Å². The minimum Gasteiger partial charge on any atom is -0.406 e. The quantitative estimate of drug-likeness (QED) is 0.658. The van der Waals surface area contributed by atoms with Gasteiger partial charge in [0.1, 0.15) is 12.3 Å². The number of halogens is 4. The van der Waals surface area contributed by atoms with Crippen LogP contribution >= 0.6 is 11.6 Å². The molecule has 0 atom stereocenters. The van der Waals surface area contributed by atoms with Crippen molar-refractivity contribution >= 4 is 23.4 Å². The van der Waals surface area contributed by atoms with Gasteiger partial charge in [0.25, 0.3) is 5.91 Å². The number of rotatable bonds is 4. The molecule has 2 aromatic carbocycles. The highest BCUT2D eigenvalue weighted by Crippen LogP contribution is 2.30. The Morgan fingerprint density at radius 1 is 1.13 bits per heavy atom. The molecule has 0 saturated carbocycles. The maximum atomic E-state index is 12.8. The van der Waals surface area contributed by atoms with E-state index in [1.165, 1.54) is 33.8 Å². The van der Waals surface area contributed by atoms with Crippen LogP contribution in [0.5, 0.6) is 5.75 Å². The number of ether oxygens (including phenoxy) is 1. The number of benzene rings is 2. The first-order valence-electron chi connectivity index (χ1n) is 8.98. The van der Waals surface area contributed by atoms with Crippen LogP contribution in [0.15, 0.2) is 54.6 Å². The standard InChI is InChI=1S/C20H14ClF3N4O3/c21-13-4-2-5-14(8-13)28-17(12-3-1-6-15(7-12)31-20(22,23)24)9-16(26-28)19(30)27-10-18(29)25-11-27/h1-9H,10-11H2,(H,25,29). The van der Waals surface area contributed by atoms with Gasteiger partial charge in [0, 0.05) is 10.6 Å². The Morgan fingerprint density at radius 3 is 2.58 bits per heavy atom. The third-order valence-electron chi connectivity index (χ3n) is 4.43. The first kappa shape index (κ1) is 20.7. The van der Waals surface area contributed by atoms with Crippen molar-refractivity contribution in [3.05, 3.63) is 65.3 Å². The third kappa shape index (κ3) is 4.64. The van der Waals surface area contributed by atoms with Crippen molar-refractivity contribution in [2.75, 3.05) is 13.2 Å². The molecule has 31 heavy (non-hydrogen) atoms. The first-order valence-corrected chi connectivity index (χ1v) is 9.35. The lowest BCUT2D eigenvalue weighted by molar-refractivity contribution is -0.274. The highest BCUT2D eigenvalue weighted by Gasteiger charge is 2.31. The van der Waals surface area contributed by atoms with Crippen LogP contribution in [0.2, 0.25) is 5.02 Å². The Kier molecular flexibility index (Phi) is 5.32. The Balaban J connectivity index is 1.79. The van der Waals surface area contributed by atoms with Gasteiger partial charge in [-0.15, -0.1) is 13.2 Å². The molecule has 4 rings (SSSR count). The van der Waals surface area contributed by atoms with E-state index in [2.05, 4.69) is 15.2 Å². The van der Waals surface area contributed by atoms with Crippen LogP contribution in [0.1, 0.15) is 10.5 Å². The van der Waals surface area contributed by atoms with Crippen LogP contribution in [-0.2, 0) is 4.79 Å². The second kappa shape index (κ2) is 7.95. The van der Waals surface area contributed by atoms with Crippen molar-refractivity contribution in [1.29, 1.82) is 0 Å². The summed E-state index contributed by atoms with van der Waals surface area (Å²) in [5.41, 5.74) is 1.20. The molecule has 0 radical (unpaired) electrons. The molecule has 1 aromatic heterocycles. The summed E-state index contributed by atoms with van der Waals surface area (Å²) in [4.78, 5) is 25.5. The summed E-state index contributed by atoms with van der Waals surface area (Å²) in [7, 11) is 0. The lowest BCUT2D eigenvalue weighted by Crippen LogP contribution is -2.30. The molecular formula is C20H14ClF3N4O3. The van der Waals surface area contributed by atoms with E-state index in [1.807, 2.05) is 0 Å². The molecule has 1 fully saturated rings. The summed E-state index contributed by atoms with van der Waals surface area (Å²) in [6.07, 6.45) is -4.85. The SMILES string of the molecule is O=C1CN(C(=O)c2cc(-c3cccc(OC(F)(F)F)c3)n(-c3cccc(Cl)c3)n2)CN1. The van der Waals surface area contributed by atoms with Crippen molar-refractivity contribution in [3.8, 4) is 22.7 Å². The number of amides is 2. The highest BCUT2D eigenvalue weighted by molar-refractivity contribution is 6.30. The van der Waals surface area contributed by atoms with Gasteiger partial charge in [-0.3, -0.25) is 9.59 Å². The molecule has 160 valence electrons. The smallest absolute Gasteiger partial charge is 0.406 e. The molecule has 1 aliphatic rings. The van der Waals surface area contributed by atoms with E-state index >= 15 is 0 Å².